The normalized spacial score (nSPS) is 9.36. The van der Waals surface area contributed by atoms with Gasteiger partial charge in [-0.25, -0.2) is 0 Å². The van der Waals surface area contributed by atoms with E-state index in [2.05, 4.69) is 6.58 Å². The molecule has 0 saturated carbocycles. The van der Waals surface area contributed by atoms with Gasteiger partial charge in [-0.1, -0.05) is 6.58 Å². The Morgan fingerprint density at radius 1 is 1.64 bits per heavy atom. The van der Waals surface area contributed by atoms with Gasteiger partial charge in [-0.15, -0.1) is 0 Å². The van der Waals surface area contributed by atoms with E-state index in [0.29, 0.717) is 6.61 Å². The highest BCUT2D eigenvalue weighted by molar-refractivity contribution is 5.69. The topological polar surface area (TPSA) is 35.5 Å². The van der Waals surface area contributed by atoms with Gasteiger partial charge in [0.25, 0.3) is 0 Å². The fourth-order valence-corrected chi connectivity index (χ4v) is 0.547. The highest BCUT2D eigenvalue weighted by Crippen LogP contribution is 1.93. The lowest BCUT2D eigenvalue weighted by molar-refractivity contribution is -0.148. The number of hydrogen-bond donors (Lipinski definition) is 0. The van der Waals surface area contributed by atoms with Crippen LogP contribution in [0.1, 0.15) is 20.3 Å². The molecule has 0 aromatic rings. The summed E-state index contributed by atoms with van der Waals surface area (Å²) < 4.78 is 9.59. The molecule has 0 unspecified atom stereocenters. The monoisotopic (exact) mass is 158 g/mol. The van der Waals surface area contributed by atoms with Gasteiger partial charge in [0.1, 0.15) is 0 Å². The van der Waals surface area contributed by atoms with Crippen LogP contribution in [0.4, 0.5) is 0 Å². The Hall–Kier alpha value is -0.990. The molecule has 3 nitrogen and oxygen atoms in total. The highest BCUT2D eigenvalue weighted by atomic mass is 16.5. The van der Waals surface area contributed by atoms with Crippen LogP contribution in [0, 0.1) is 0 Å². The van der Waals surface area contributed by atoms with Crippen molar-refractivity contribution in [1.29, 1.82) is 0 Å². The molecule has 0 radical (unpaired) electrons. The Bertz CT molecular complexity index is 129. The van der Waals surface area contributed by atoms with Gasteiger partial charge in [0.05, 0.1) is 25.4 Å². The molecule has 0 heterocycles. The summed E-state index contributed by atoms with van der Waals surface area (Å²) in [7, 11) is 0. The van der Waals surface area contributed by atoms with Gasteiger partial charge in [0, 0.05) is 0 Å². The number of carbonyl (C=O) groups is 1. The van der Waals surface area contributed by atoms with Crippen LogP contribution in [0.15, 0.2) is 12.8 Å². The van der Waals surface area contributed by atoms with E-state index in [-0.39, 0.29) is 18.5 Å². The summed E-state index contributed by atoms with van der Waals surface area (Å²) in [5.41, 5.74) is 0. The molecular weight excluding hydrogens is 144 g/mol. The quantitative estimate of drug-likeness (QED) is 0.345. The summed E-state index contributed by atoms with van der Waals surface area (Å²) in [6.45, 7) is 7.31. The van der Waals surface area contributed by atoms with Crippen molar-refractivity contribution in [1.82, 2.24) is 0 Å². The average molecular weight is 158 g/mol. The smallest absolute Gasteiger partial charge is 0.309 e. The number of rotatable bonds is 5. The summed E-state index contributed by atoms with van der Waals surface area (Å²) in [5, 5.41) is 0. The molecular formula is C8H14O3. The molecule has 64 valence electrons. The van der Waals surface area contributed by atoms with E-state index >= 15 is 0 Å². The van der Waals surface area contributed by atoms with Crippen LogP contribution < -0.4 is 0 Å². The standard InChI is InChI=1S/C8H14O3/c1-4-10-6-5-8(9)11-7(2)3/h4,7H,1,5-6H2,2-3H3. The fraction of sp³-hybridized carbons (Fsp3) is 0.625. The van der Waals surface area contributed by atoms with Crippen molar-refractivity contribution in [2.45, 2.75) is 26.4 Å². The predicted octanol–water partition coefficient (Wildman–Crippen LogP) is 1.49. The molecule has 0 amide bonds. The van der Waals surface area contributed by atoms with Crippen LogP contribution in [0.3, 0.4) is 0 Å². The summed E-state index contributed by atoms with van der Waals surface area (Å²) in [6, 6.07) is 0. The lowest BCUT2D eigenvalue weighted by Gasteiger charge is -2.06. The summed E-state index contributed by atoms with van der Waals surface area (Å²) in [5.74, 6) is -0.234. The molecule has 0 fully saturated rings. The second-order valence-electron chi connectivity index (χ2n) is 2.33. The molecule has 0 aromatic heterocycles. The number of carbonyl (C=O) groups excluding carboxylic acids is 1. The molecule has 0 N–H and O–H groups in total. The molecule has 3 heteroatoms. The van der Waals surface area contributed by atoms with Gasteiger partial charge in [-0.2, -0.15) is 0 Å². The van der Waals surface area contributed by atoms with E-state index in [1.54, 1.807) is 0 Å². The predicted molar refractivity (Wildman–Crippen MR) is 42.0 cm³/mol. The SMILES string of the molecule is C=COCCC(=O)OC(C)C. The van der Waals surface area contributed by atoms with Gasteiger partial charge < -0.3 is 9.47 Å². The molecule has 0 aliphatic rings. The molecule has 0 aromatic carbocycles. The van der Waals surface area contributed by atoms with Gasteiger partial charge in [0.15, 0.2) is 0 Å². The first-order valence-corrected chi connectivity index (χ1v) is 3.58. The Morgan fingerprint density at radius 2 is 2.27 bits per heavy atom. The van der Waals surface area contributed by atoms with E-state index in [9.17, 15) is 4.79 Å². The summed E-state index contributed by atoms with van der Waals surface area (Å²) in [6.07, 6.45) is 1.54. The maximum Gasteiger partial charge on any atom is 0.309 e. The van der Waals surface area contributed by atoms with Gasteiger partial charge >= 0.3 is 5.97 Å². The highest BCUT2D eigenvalue weighted by Gasteiger charge is 2.03. The molecule has 0 aliphatic heterocycles. The van der Waals surface area contributed by atoms with Crippen LogP contribution in [0.25, 0.3) is 0 Å². The van der Waals surface area contributed by atoms with E-state index in [0.717, 1.165) is 0 Å². The summed E-state index contributed by atoms with van der Waals surface area (Å²) >= 11 is 0. The minimum atomic E-state index is -0.234. The van der Waals surface area contributed by atoms with Gasteiger partial charge in [-0.05, 0) is 13.8 Å². The number of esters is 1. The second-order valence-corrected chi connectivity index (χ2v) is 2.33. The minimum absolute atomic E-state index is 0.0498. The number of hydrogen-bond acceptors (Lipinski definition) is 3. The zero-order valence-corrected chi connectivity index (χ0v) is 7.00. The Morgan fingerprint density at radius 3 is 2.73 bits per heavy atom. The molecule has 11 heavy (non-hydrogen) atoms. The third-order valence-corrected chi connectivity index (χ3v) is 0.909. The molecule has 0 spiro atoms. The van der Waals surface area contributed by atoms with E-state index in [4.69, 9.17) is 9.47 Å². The van der Waals surface area contributed by atoms with E-state index in [1.165, 1.54) is 6.26 Å². The Labute approximate surface area is 67.0 Å². The third kappa shape index (κ3) is 6.90. The first-order valence-electron chi connectivity index (χ1n) is 3.58. The van der Waals surface area contributed by atoms with Crippen molar-refractivity contribution in [3.63, 3.8) is 0 Å². The lowest BCUT2D eigenvalue weighted by Crippen LogP contribution is -2.12. The van der Waals surface area contributed by atoms with Crippen LogP contribution in [0.2, 0.25) is 0 Å². The van der Waals surface area contributed by atoms with Gasteiger partial charge in [-0.3, -0.25) is 4.79 Å². The maximum atomic E-state index is 10.8. The van der Waals surface area contributed by atoms with Crippen LogP contribution >= 0.6 is 0 Å². The molecule has 0 bridgehead atoms. The van der Waals surface area contributed by atoms with Crippen LogP contribution in [-0.4, -0.2) is 18.7 Å². The molecule has 0 aliphatic carbocycles. The number of ether oxygens (including phenoxy) is 2. The van der Waals surface area contributed by atoms with E-state index < -0.39 is 0 Å². The lowest BCUT2D eigenvalue weighted by atomic mass is 10.4. The Balaban J connectivity index is 3.30. The molecule has 0 saturated heterocycles. The Kier molecular flexibility index (Phi) is 5.25. The van der Waals surface area contributed by atoms with Crippen LogP contribution in [0.5, 0.6) is 0 Å². The van der Waals surface area contributed by atoms with Crippen molar-refractivity contribution in [3.8, 4) is 0 Å². The first kappa shape index (κ1) is 10.0. The van der Waals surface area contributed by atoms with Crippen molar-refractivity contribution >= 4 is 5.97 Å². The molecule has 0 rings (SSSR count). The largest absolute Gasteiger partial charge is 0.501 e. The third-order valence-electron chi connectivity index (χ3n) is 0.909. The van der Waals surface area contributed by atoms with Crippen molar-refractivity contribution in [2.24, 2.45) is 0 Å². The maximum absolute atomic E-state index is 10.8. The average Bonchev–Trinajstić information content (AvgIpc) is 1.86. The van der Waals surface area contributed by atoms with Crippen molar-refractivity contribution < 1.29 is 14.3 Å². The van der Waals surface area contributed by atoms with Crippen molar-refractivity contribution in [2.75, 3.05) is 6.61 Å². The van der Waals surface area contributed by atoms with Crippen LogP contribution in [-0.2, 0) is 14.3 Å². The zero-order valence-electron chi connectivity index (χ0n) is 7.00. The first-order chi connectivity index (χ1) is 5.16. The second kappa shape index (κ2) is 5.77. The van der Waals surface area contributed by atoms with Gasteiger partial charge in [0.2, 0.25) is 0 Å². The minimum Gasteiger partial charge on any atom is -0.501 e. The molecule has 0 atom stereocenters. The fourth-order valence-electron chi connectivity index (χ4n) is 0.547. The van der Waals surface area contributed by atoms with Crippen molar-refractivity contribution in [3.05, 3.63) is 12.8 Å². The zero-order chi connectivity index (χ0) is 8.69. The van der Waals surface area contributed by atoms with E-state index in [1.807, 2.05) is 13.8 Å². The summed E-state index contributed by atoms with van der Waals surface area (Å²) in [4.78, 5) is 10.8.